The number of nitrogens with zero attached hydrogens (tertiary/aromatic N) is 1. The molecule has 0 unspecified atom stereocenters. The van der Waals surface area contributed by atoms with Gasteiger partial charge in [-0.2, -0.15) is 0 Å². The molecule has 3 aromatic carbocycles. The molecule has 1 aliphatic rings. The number of amides is 1. The fraction of sp³-hybridized carbons (Fsp3) is 0.240. The number of rotatable bonds is 8. The van der Waals surface area contributed by atoms with Crippen molar-refractivity contribution < 1.29 is 23.4 Å². The smallest absolute Gasteiger partial charge is 0.237 e. The molecule has 0 aromatic heterocycles. The lowest BCUT2D eigenvalue weighted by Crippen LogP contribution is -2.65. The van der Waals surface area contributed by atoms with Crippen molar-refractivity contribution in [2.75, 3.05) is 25.7 Å². The second-order valence-corrected chi connectivity index (χ2v) is 7.32. The van der Waals surface area contributed by atoms with Crippen LogP contribution in [0.3, 0.4) is 0 Å². The Bertz CT molecular complexity index is 1010. The van der Waals surface area contributed by atoms with E-state index in [0.717, 1.165) is 17.0 Å². The van der Waals surface area contributed by atoms with Gasteiger partial charge in [-0.05, 0) is 54.1 Å². The van der Waals surface area contributed by atoms with Gasteiger partial charge >= 0.3 is 0 Å². The first-order valence-electron chi connectivity index (χ1n) is 10.1. The molecule has 160 valence electrons. The molecule has 0 radical (unpaired) electrons. The van der Waals surface area contributed by atoms with Gasteiger partial charge in [-0.1, -0.05) is 30.3 Å². The van der Waals surface area contributed by atoms with Gasteiger partial charge in [0, 0.05) is 12.8 Å². The summed E-state index contributed by atoms with van der Waals surface area (Å²) in [5, 5.41) is 0. The van der Waals surface area contributed by atoms with Gasteiger partial charge in [-0.15, -0.1) is 0 Å². The number of ether oxygens (including phenoxy) is 3. The van der Waals surface area contributed by atoms with Crippen LogP contribution in [0.1, 0.15) is 11.5 Å². The van der Waals surface area contributed by atoms with E-state index in [1.165, 1.54) is 12.1 Å². The third-order valence-electron chi connectivity index (χ3n) is 5.56. The maximum atomic E-state index is 13.2. The highest BCUT2D eigenvalue weighted by molar-refractivity contribution is 6.06. The minimum absolute atomic E-state index is 0.00481. The van der Waals surface area contributed by atoms with E-state index in [0.29, 0.717) is 5.75 Å². The fourth-order valence-electron chi connectivity index (χ4n) is 3.94. The van der Waals surface area contributed by atoms with Crippen LogP contribution < -0.4 is 14.4 Å². The van der Waals surface area contributed by atoms with Gasteiger partial charge in [0.2, 0.25) is 5.91 Å². The third-order valence-corrected chi connectivity index (χ3v) is 5.56. The van der Waals surface area contributed by atoms with Gasteiger partial charge in [0.25, 0.3) is 0 Å². The zero-order chi connectivity index (χ0) is 21.8. The first-order valence-corrected chi connectivity index (χ1v) is 10.1. The van der Waals surface area contributed by atoms with E-state index in [1.807, 2.05) is 54.6 Å². The van der Waals surface area contributed by atoms with Crippen LogP contribution in [0.25, 0.3) is 0 Å². The lowest BCUT2D eigenvalue weighted by atomic mass is 9.78. The lowest BCUT2D eigenvalue weighted by molar-refractivity contribution is -0.130. The predicted molar refractivity (Wildman–Crippen MR) is 116 cm³/mol. The van der Waals surface area contributed by atoms with E-state index >= 15 is 0 Å². The van der Waals surface area contributed by atoms with Crippen LogP contribution in [0.5, 0.6) is 11.5 Å². The molecular weight excluding hydrogens is 397 g/mol. The Morgan fingerprint density at radius 3 is 2.16 bits per heavy atom. The molecule has 31 heavy (non-hydrogen) atoms. The van der Waals surface area contributed by atoms with Crippen molar-refractivity contribution in [3.8, 4) is 11.5 Å². The fourth-order valence-corrected chi connectivity index (χ4v) is 3.94. The molecule has 0 N–H and O–H groups in total. The minimum Gasteiger partial charge on any atom is -0.497 e. The van der Waals surface area contributed by atoms with E-state index in [9.17, 15) is 9.18 Å². The Labute approximate surface area is 181 Å². The average Bonchev–Trinajstić information content (AvgIpc) is 2.81. The molecule has 0 bridgehead atoms. The van der Waals surface area contributed by atoms with Gasteiger partial charge in [0.15, 0.2) is 0 Å². The van der Waals surface area contributed by atoms with Crippen LogP contribution in [0.15, 0.2) is 78.9 Å². The van der Waals surface area contributed by atoms with E-state index in [1.54, 1.807) is 31.3 Å². The molecule has 1 amide bonds. The second kappa shape index (κ2) is 9.18. The van der Waals surface area contributed by atoms with Gasteiger partial charge < -0.3 is 19.1 Å². The zero-order valence-electron chi connectivity index (χ0n) is 17.4. The second-order valence-electron chi connectivity index (χ2n) is 7.32. The topological polar surface area (TPSA) is 48.0 Å². The molecule has 4 rings (SSSR count). The first kappa shape index (κ1) is 20.9. The van der Waals surface area contributed by atoms with E-state index < -0.39 is 6.10 Å². The summed E-state index contributed by atoms with van der Waals surface area (Å²) in [6.45, 7) is 0.218. The summed E-state index contributed by atoms with van der Waals surface area (Å²) in [5.74, 6) is 0.587. The SMILES string of the molecule is COc1ccc([C@@H]2C(=O)N(c3ccccc3)[C@@H]2[C@@H](COc2ccc(F)cc2)OC)cc1. The van der Waals surface area contributed by atoms with Crippen molar-refractivity contribution in [2.24, 2.45) is 0 Å². The minimum atomic E-state index is -0.393. The molecule has 3 aromatic rings. The van der Waals surface area contributed by atoms with Crippen molar-refractivity contribution in [3.05, 3.63) is 90.2 Å². The summed E-state index contributed by atoms with van der Waals surface area (Å²) >= 11 is 0. The lowest BCUT2D eigenvalue weighted by Gasteiger charge is -2.50. The monoisotopic (exact) mass is 421 g/mol. The molecule has 1 aliphatic heterocycles. The molecule has 1 saturated heterocycles. The Hall–Kier alpha value is -3.38. The van der Waals surface area contributed by atoms with Gasteiger partial charge in [0.1, 0.15) is 30.0 Å². The number of β-lactam (4-membered cyclic amide) rings is 1. The van der Waals surface area contributed by atoms with Crippen LogP contribution in [0.2, 0.25) is 0 Å². The first-order chi connectivity index (χ1) is 15.1. The van der Waals surface area contributed by atoms with E-state index in [2.05, 4.69) is 0 Å². The molecule has 1 fully saturated rings. The number of carbonyl (C=O) groups is 1. The quantitative estimate of drug-likeness (QED) is 0.505. The Morgan fingerprint density at radius 1 is 0.903 bits per heavy atom. The van der Waals surface area contributed by atoms with Crippen molar-refractivity contribution in [3.63, 3.8) is 0 Å². The summed E-state index contributed by atoms with van der Waals surface area (Å²) in [6, 6.07) is 22.6. The Kier molecular flexibility index (Phi) is 6.18. The van der Waals surface area contributed by atoms with Crippen LogP contribution in [0.4, 0.5) is 10.1 Å². The molecule has 0 spiro atoms. The normalized spacial score (nSPS) is 18.9. The van der Waals surface area contributed by atoms with Gasteiger partial charge in [0.05, 0.1) is 19.1 Å². The standard InChI is InChI=1S/C25H24FNO4/c1-29-20-12-8-17(9-13-20)23-24(27(25(23)28)19-6-4-3-5-7-19)22(30-2)16-31-21-14-10-18(26)11-15-21/h3-15,22-24H,16H2,1-2H3/t22-,23+,24-/m1/s1. The number of hydrogen-bond donors (Lipinski definition) is 0. The number of benzene rings is 3. The summed E-state index contributed by atoms with van der Waals surface area (Å²) in [6.07, 6.45) is -0.393. The number of para-hydroxylation sites is 1. The van der Waals surface area contributed by atoms with Gasteiger partial charge in [-0.3, -0.25) is 4.79 Å². The van der Waals surface area contributed by atoms with Crippen molar-refractivity contribution >= 4 is 11.6 Å². The molecule has 0 aliphatic carbocycles. The highest BCUT2D eigenvalue weighted by Crippen LogP contribution is 2.42. The Morgan fingerprint density at radius 2 is 1.55 bits per heavy atom. The predicted octanol–water partition coefficient (Wildman–Crippen LogP) is 4.43. The molecule has 3 atom stereocenters. The van der Waals surface area contributed by atoms with Crippen molar-refractivity contribution in [1.82, 2.24) is 0 Å². The van der Waals surface area contributed by atoms with Crippen LogP contribution in [-0.2, 0) is 9.53 Å². The summed E-state index contributed by atoms with van der Waals surface area (Å²) in [4.78, 5) is 15.0. The van der Waals surface area contributed by atoms with Crippen molar-refractivity contribution in [2.45, 2.75) is 18.1 Å². The van der Waals surface area contributed by atoms with Gasteiger partial charge in [-0.25, -0.2) is 4.39 Å². The number of halogens is 1. The highest BCUT2D eigenvalue weighted by Gasteiger charge is 2.53. The highest BCUT2D eigenvalue weighted by atomic mass is 19.1. The maximum Gasteiger partial charge on any atom is 0.237 e. The maximum absolute atomic E-state index is 13.2. The van der Waals surface area contributed by atoms with Crippen molar-refractivity contribution in [1.29, 1.82) is 0 Å². The van der Waals surface area contributed by atoms with E-state index in [-0.39, 0.29) is 30.3 Å². The third kappa shape index (κ3) is 4.25. The molecule has 0 saturated carbocycles. The van der Waals surface area contributed by atoms with Crippen LogP contribution in [-0.4, -0.2) is 38.9 Å². The molecule has 5 nitrogen and oxygen atoms in total. The van der Waals surface area contributed by atoms with Crippen LogP contribution in [0, 0.1) is 5.82 Å². The largest absolute Gasteiger partial charge is 0.497 e. The van der Waals surface area contributed by atoms with E-state index in [4.69, 9.17) is 14.2 Å². The number of carbonyl (C=O) groups excluding carboxylic acids is 1. The molecule has 1 heterocycles. The van der Waals surface area contributed by atoms with Crippen LogP contribution >= 0.6 is 0 Å². The molecular formula is C25H24FNO4. The zero-order valence-corrected chi connectivity index (χ0v) is 17.4. The summed E-state index contributed by atoms with van der Waals surface area (Å²) in [7, 11) is 3.22. The Balaban J connectivity index is 1.61. The number of anilines is 1. The summed E-state index contributed by atoms with van der Waals surface area (Å²) < 4.78 is 30.1. The number of methoxy groups -OCH3 is 2. The molecule has 6 heteroatoms. The number of hydrogen-bond acceptors (Lipinski definition) is 4. The average molecular weight is 421 g/mol. The summed E-state index contributed by atoms with van der Waals surface area (Å²) in [5.41, 5.74) is 1.71.